The molecule has 0 aliphatic rings. The lowest BCUT2D eigenvalue weighted by Gasteiger charge is -2.22. The van der Waals surface area contributed by atoms with Crippen LogP contribution in [0.3, 0.4) is 0 Å². The van der Waals surface area contributed by atoms with Crippen LogP contribution in [0.5, 0.6) is 0 Å². The van der Waals surface area contributed by atoms with Gasteiger partial charge in [0.05, 0.1) is 25.4 Å². The van der Waals surface area contributed by atoms with Crippen molar-refractivity contribution >= 4 is 11.9 Å². The zero-order valence-electron chi connectivity index (χ0n) is 54.6. The second-order valence-corrected chi connectivity index (χ2v) is 25.6. The molecular formula is C74H145NO5. The second kappa shape index (κ2) is 70.1. The molecule has 0 aromatic rings. The van der Waals surface area contributed by atoms with Gasteiger partial charge in [0.15, 0.2) is 0 Å². The quantitative estimate of drug-likeness (QED) is 0.0320. The number of amides is 1. The first-order valence-corrected chi connectivity index (χ1v) is 36.9. The van der Waals surface area contributed by atoms with Crippen molar-refractivity contribution in [2.24, 2.45) is 0 Å². The molecule has 0 rings (SSSR count). The Morgan fingerprint density at radius 1 is 0.338 bits per heavy atom. The average molecular weight is 1130 g/mol. The van der Waals surface area contributed by atoms with E-state index in [1.54, 1.807) is 0 Å². The van der Waals surface area contributed by atoms with Crippen LogP contribution < -0.4 is 5.32 Å². The van der Waals surface area contributed by atoms with Crippen molar-refractivity contribution in [1.29, 1.82) is 0 Å². The third-order valence-corrected chi connectivity index (χ3v) is 17.6. The molecule has 0 aliphatic carbocycles. The molecular weight excluding hydrogens is 983 g/mol. The van der Waals surface area contributed by atoms with Gasteiger partial charge in [-0.3, -0.25) is 9.59 Å². The average Bonchev–Trinajstić information content (AvgIpc) is 3.46. The van der Waals surface area contributed by atoms with Crippen LogP contribution in [-0.2, 0) is 14.3 Å². The molecule has 0 aromatic carbocycles. The van der Waals surface area contributed by atoms with Crippen molar-refractivity contribution in [3.63, 3.8) is 0 Å². The molecule has 476 valence electrons. The van der Waals surface area contributed by atoms with E-state index >= 15 is 0 Å². The number of unbranched alkanes of at least 4 members (excludes halogenated alkanes) is 57. The van der Waals surface area contributed by atoms with Gasteiger partial charge in [-0.25, -0.2) is 0 Å². The Kier molecular flexibility index (Phi) is 68.9. The molecule has 80 heavy (non-hydrogen) atoms. The van der Waals surface area contributed by atoms with Crippen LogP contribution in [0.25, 0.3) is 0 Å². The normalized spacial score (nSPS) is 12.5. The Labute approximate surface area is 501 Å². The first-order chi connectivity index (χ1) is 39.5. The molecule has 0 aromatic heterocycles. The maximum Gasteiger partial charge on any atom is 0.305 e. The van der Waals surface area contributed by atoms with Crippen LogP contribution in [-0.4, -0.2) is 47.4 Å². The van der Waals surface area contributed by atoms with Crippen LogP contribution in [0.4, 0.5) is 0 Å². The van der Waals surface area contributed by atoms with Crippen LogP contribution in [0, 0.1) is 0 Å². The predicted octanol–water partition coefficient (Wildman–Crippen LogP) is 23.9. The number of aliphatic hydroxyl groups is 2. The minimum Gasteiger partial charge on any atom is -0.466 e. The number of esters is 1. The van der Waals surface area contributed by atoms with Crippen molar-refractivity contribution in [2.45, 2.75) is 437 Å². The van der Waals surface area contributed by atoms with Crippen molar-refractivity contribution in [3.8, 4) is 0 Å². The van der Waals surface area contributed by atoms with E-state index < -0.39 is 12.1 Å². The highest BCUT2D eigenvalue weighted by molar-refractivity contribution is 5.76. The van der Waals surface area contributed by atoms with Gasteiger partial charge in [0.1, 0.15) is 0 Å². The smallest absolute Gasteiger partial charge is 0.305 e. The number of rotatable bonds is 70. The van der Waals surface area contributed by atoms with Crippen molar-refractivity contribution < 1.29 is 24.5 Å². The van der Waals surface area contributed by atoms with Gasteiger partial charge in [-0.1, -0.05) is 373 Å². The number of hydrogen-bond donors (Lipinski definition) is 3. The minimum absolute atomic E-state index is 0.0128. The summed E-state index contributed by atoms with van der Waals surface area (Å²) in [5.41, 5.74) is 0. The number of carbonyl (C=O) groups excluding carboxylic acids is 2. The largest absolute Gasteiger partial charge is 0.466 e. The van der Waals surface area contributed by atoms with Gasteiger partial charge in [-0.05, 0) is 51.4 Å². The highest BCUT2D eigenvalue weighted by Gasteiger charge is 2.20. The van der Waals surface area contributed by atoms with Gasteiger partial charge in [-0.2, -0.15) is 0 Å². The van der Waals surface area contributed by atoms with Gasteiger partial charge < -0.3 is 20.3 Å². The zero-order valence-corrected chi connectivity index (χ0v) is 54.6. The van der Waals surface area contributed by atoms with Gasteiger partial charge in [-0.15, -0.1) is 0 Å². The molecule has 3 N–H and O–H groups in total. The lowest BCUT2D eigenvalue weighted by atomic mass is 10.0. The Balaban J connectivity index is 3.32. The van der Waals surface area contributed by atoms with Crippen LogP contribution in [0.1, 0.15) is 425 Å². The van der Waals surface area contributed by atoms with Gasteiger partial charge in [0, 0.05) is 12.8 Å². The SMILES string of the molecule is CCCCCC/C=C\CCCCCCCC(=O)OCCCCCCCCCCCCCCCCCCCCCCCCCCCCCCCCCCC(=O)NC(CO)C(O)CCCCCCCCCCCCCCCCCCCC. The molecule has 1 amide bonds. The molecule has 0 saturated carbocycles. The van der Waals surface area contributed by atoms with E-state index in [9.17, 15) is 19.8 Å². The summed E-state index contributed by atoms with van der Waals surface area (Å²) >= 11 is 0. The maximum absolute atomic E-state index is 12.5. The Hall–Kier alpha value is -1.40. The van der Waals surface area contributed by atoms with Crippen LogP contribution in [0.2, 0.25) is 0 Å². The van der Waals surface area contributed by atoms with Crippen LogP contribution in [0.15, 0.2) is 12.2 Å². The summed E-state index contributed by atoms with van der Waals surface area (Å²) in [5.74, 6) is -0.0130. The zero-order chi connectivity index (χ0) is 57.8. The van der Waals surface area contributed by atoms with E-state index in [1.807, 2.05) is 0 Å². The van der Waals surface area contributed by atoms with Gasteiger partial charge >= 0.3 is 5.97 Å². The Morgan fingerprint density at radius 3 is 0.900 bits per heavy atom. The Morgan fingerprint density at radius 2 is 0.588 bits per heavy atom. The minimum atomic E-state index is -0.661. The van der Waals surface area contributed by atoms with E-state index in [-0.39, 0.29) is 18.5 Å². The number of allylic oxidation sites excluding steroid dienone is 2. The van der Waals surface area contributed by atoms with E-state index in [1.165, 1.54) is 347 Å². The summed E-state index contributed by atoms with van der Waals surface area (Å²) in [6.07, 6.45) is 87.1. The summed E-state index contributed by atoms with van der Waals surface area (Å²) in [6.45, 7) is 4.98. The van der Waals surface area contributed by atoms with Crippen molar-refractivity contribution in [2.75, 3.05) is 13.2 Å². The molecule has 0 heterocycles. The highest BCUT2D eigenvalue weighted by atomic mass is 16.5. The molecule has 0 saturated heterocycles. The third-order valence-electron chi connectivity index (χ3n) is 17.6. The van der Waals surface area contributed by atoms with E-state index in [0.717, 1.165) is 44.9 Å². The predicted molar refractivity (Wildman–Crippen MR) is 352 cm³/mol. The van der Waals surface area contributed by atoms with Crippen molar-refractivity contribution in [3.05, 3.63) is 12.2 Å². The fraction of sp³-hybridized carbons (Fsp3) is 0.946. The fourth-order valence-electron chi connectivity index (χ4n) is 11.9. The second-order valence-electron chi connectivity index (χ2n) is 25.6. The Bertz CT molecular complexity index is 1210. The molecule has 0 bridgehead atoms. The van der Waals surface area contributed by atoms with E-state index in [2.05, 4.69) is 31.3 Å². The summed E-state index contributed by atoms with van der Waals surface area (Å²) in [7, 11) is 0. The number of carbonyl (C=O) groups is 2. The standard InChI is InChI=1S/C74H145NO5/c1-3-5-7-9-11-13-15-17-18-19-36-39-43-46-50-54-58-62-66-72(77)71(70-76)75-73(78)67-63-59-55-51-47-44-40-37-34-32-30-28-26-24-22-20-21-23-25-27-29-31-33-35-38-41-45-49-53-57-61-65-69-80-74(79)68-64-60-56-52-48-42-16-14-12-10-8-6-4-2/h14,16,71-72,76-77H,3-13,15,17-70H2,1-2H3,(H,75,78)/b16-14-. The van der Waals surface area contributed by atoms with Gasteiger partial charge in [0.25, 0.3) is 0 Å². The summed E-state index contributed by atoms with van der Waals surface area (Å²) < 4.78 is 5.49. The lowest BCUT2D eigenvalue weighted by molar-refractivity contribution is -0.143. The molecule has 2 unspecified atom stereocenters. The number of aliphatic hydroxyl groups excluding tert-OH is 2. The highest BCUT2D eigenvalue weighted by Crippen LogP contribution is 2.20. The molecule has 0 aliphatic heterocycles. The molecule has 0 radical (unpaired) electrons. The first-order valence-electron chi connectivity index (χ1n) is 36.9. The van der Waals surface area contributed by atoms with Crippen molar-refractivity contribution in [1.82, 2.24) is 5.32 Å². The van der Waals surface area contributed by atoms with Gasteiger partial charge in [0.2, 0.25) is 5.91 Å². The molecule has 0 spiro atoms. The number of ether oxygens (including phenoxy) is 1. The fourth-order valence-corrected chi connectivity index (χ4v) is 11.9. The first kappa shape index (κ1) is 78.6. The molecule has 6 nitrogen and oxygen atoms in total. The summed E-state index contributed by atoms with van der Waals surface area (Å²) in [6, 6.07) is -0.538. The molecule has 6 heteroatoms. The van der Waals surface area contributed by atoms with E-state index in [4.69, 9.17) is 4.74 Å². The topological polar surface area (TPSA) is 95.9 Å². The summed E-state index contributed by atoms with van der Waals surface area (Å²) in [5, 5.41) is 23.4. The monoisotopic (exact) mass is 1130 g/mol. The van der Waals surface area contributed by atoms with Crippen LogP contribution >= 0.6 is 0 Å². The third kappa shape index (κ3) is 65.7. The lowest BCUT2D eigenvalue weighted by Crippen LogP contribution is -2.45. The maximum atomic E-state index is 12.5. The van der Waals surface area contributed by atoms with E-state index in [0.29, 0.717) is 25.9 Å². The molecule has 2 atom stereocenters. The summed E-state index contributed by atoms with van der Waals surface area (Å²) in [4.78, 5) is 24.6. The number of nitrogens with one attached hydrogen (secondary N) is 1. The molecule has 0 fully saturated rings. The number of hydrogen-bond acceptors (Lipinski definition) is 5.